The molecule has 0 amide bonds. The van der Waals surface area contributed by atoms with Gasteiger partial charge in [0.15, 0.2) is 0 Å². The molecular weight excluding hydrogens is 236 g/mol. The minimum Gasteiger partial charge on any atom is -0.307 e. The van der Waals surface area contributed by atoms with Crippen molar-refractivity contribution in [1.29, 1.82) is 0 Å². The van der Waals surface area contributed by atoms with Gasteiger partial charge in [-0.25, -0.2) is 0 Å². The normalized spacial score (nSPS) is 14.1. The Kier molecular flexibility index (Phi) is 6.01. The van der Waals surface area contributed by atoms with Gasteiger partial charge in [-0.1, -0.05) is 13.8 Å². The second-order valence-corrected chi connectivity index (χ2v) is 5.91. The molecule has 1 N–H and O–H groups in total. The van der Waals surface area contributed by atoms with Crippen LogP contribution in [-0.2, 0) is 6.54 Å². The van der Waals surface area contributed by atoms with Gasteiger partial charge >= 0.3 is 0 Å². The SMILES string of the molecule is CCCNC(c1ccnn1CCC)C(C)(C)N(C)C. The fourth-order valence-electron chi connectivity index (χ4n) is 2.25. The number of aromatic nitrogens is 2. The van der Waals surface area contributed by atoms with Crippen LogP contribution in [0.25, 0.3) is 0 Å². The first-order chi connectivity index (χ1) is 8.95. The first-order valence-corrected chi connectivity index (χ1v) is 7.37. The standard InChI is InChI=1S/C15H30N4/c1-7-10-16-14(15(3,4)18(5)6)13-9-11-17-19(13)12-8-2/h9,11,14,16H,7-8,10,12H2,1-6H3. The third-order valence-corrected chi connectivity index (χ3v) is 3.94. The van der Waals surface area contributed by atoms with Gasteiger partial charge in [0.25, 0.3) is 0 Å². The zero-order valence-electron chi connectivity index (χ0n) is 13.4. The van der Waals surface area contributed by atoms with E-state index < -0.39 is 0 Å². The Morgan fingerprint density at radius 2 is 2.00 bits per heavy atom. The van der Waals surface area contributed by atoms with Crippen LogP contribution in [0, 0.1) is 0 Å². The molecule has 0 fully saturated rings. The fourth-order valence-corrected chi connectivity index (χ4v) is 2.25. The lowest BCUT2D eigenvalue weighted by Gasteiger charge is -2.41. The summed E-state index contributed by atoms with van der Waals surface area (Å²) < 4.78 is 2.14. The molecule has 0 saturated carbocycles. The lowest BCUT2D eigenvalue weighted by Crippen LogP contribution is -2.50. The summed E-state index contributed by atoms with van der Waals surface area (Å²) in [6.45, 7) is 11.0. The number of hydrogen-bond donors (Lipinski definition) is 1. The van der Waals surface area contributed by atoms with Crippen LogP contribution in [0.5, 0.6) is 0 Å². The van der Waals surface area contributed by atoms with E-state index in [2.05, 4.69) is 67.9 Å². The fraction of sp³-hybridized carbons (Fsp3) is 0.800. The first kappa shape index (κ1) is 16.2. The largest absolute Gasteiger partial charge is 0.307 e. The molecule has 0 bridgehead atoms. The third-order valence-electron chi connectivity index (χ3n) is 3.94. The quantitative estimate of drug-likeness (QED) is 0.785. The van der Waals surface area contributed by atoms with Gasteiger partial charge in [-0.15, -0.1) is 0 Å². The Bertz CT molecular complexity index is 368. The maximum Gasteiger partial charge on any atom is 0.0673 e. The highest BCUT2D eigenvalue weighted by Crippen LogP contribution is 2.29. The van der Waals surface area contributed by atoms with E-state index in [1.807, 2.05) is 6.20 Å². The maximum atomic E-state index is 4.47. The summed E-state index contributed by atoms with van der Waals surface area (Å²) in [5.74, 6) is 0. The monoisotopic (exact) mass is 266 g/mol. The van der Waals surface area contributed by atoms with Crippen LogP contribution in [0.4, 0.5) is 0 Å². The molecule has 0 aliphatic rings. The molecule has 1 heterocycles. The van der Waals surface area contributed by atoms with Crippen LogP contribution in [0.2, 0.25) is 0 Å². The molecule has 4 nitrogen and oxygen atoms in total. The van der Waals surface area contributed by atoms with Crippen molar-refractivity contribution < 1.29 is 0 Å². The number of nitrogens with zero attached hydrogens (tertiary/aromatic N) is 3. The summed E-state index contributed by atoms with van der Waals surface area (Å²) in [7, 11) is 4.28. The minimum atomic E-state index is 0.0424. The number of aryl methyl sites for hydroxylation is 1. The summed E-state index contributed by atoms with van der Waals surface area (Å²) in [5.41, 5.74) is 1.33. The number of nitrogens with one attached hydrogen (secondary N) is 1. The molecule has 0 aliphatic heterocycles. The summed E-state index contributed by atoms with van der Waals surface area (Å²) >= 11 is 0. The van der Waals surface area contributed by atoms with E-state index in [1.54, 1.807) is 0 Å². The molecule has 1 aromatic heterocycles. The third kappa shape index (κ3) is 3.80. The Hall–Kier alpha value is -0.870. The number of rotatable bonds is 8. The van der Waals surface area contributed by atoms with E-state index in [-0.39, 0.29) is 11.6 Å². The van der Waals surface area contributed by atoms with Crippen LogP contribution in [-0.4, -0.2) is 40.9 Å². The second kappa shape index (κ2) is 7.06. The molecule has 0 spiro atoms. The molecule has 110 valence electrons. The van der Waals surface area contributed by atoms with Gasteiger partial charge in [0.1, 0.15) is 0 Å². The van der Waals surface area contributed by atoms with Crippen molar-refractivity contribution in [2.45, 2.75) is 58.7 Å². The lowest BCUT2D eigenvalue weighted by molar-refractivity contribution is 0.132. The maximum absolute atomic E-state index is 4.47. The van der Waals surface area contributed by atoms with Crippen LogP contribution >= 0.6 is 0 Å². The van der Waals surface area contributed by atoms with Crippen molar-refractivity contribution in [2.75, 3.05) is 20.6 Å². The summed E-state index contributed by atoms with van der Waals surface area (Å²) in [4.78, 5) is 2.28. The van der Waals surface area contributed by atoms with E-state index in [9.17, 15) is 0 Å². The van der Waals surface area contributed by atoms with Crippen molar-refractivity contribution in [1.82, 2.24) is 20.0 Å². The average molecular weight is 266 g/mol. The van der Waals surface area contributed by atoms with Crippen molar-refractivity contribution in [3.8, 4) is 0 Å². The Balaban J connectivity index is 3.05. The average Bonchev–Trinajstić information content (AvgIpc) is 2.78. The summed E-state index contributed by atoms with van der Waals surface area (Å²) in [5, 5.41) is 8.16. The molecule has 1 aromatic rings. The molecule has 0 saturated heterocycles. The van der Waals surface area contributed by atoms with Crippen molar-refractivity contribution in [3.63, 3.8) is 0 Å². The second-order valence-electron chi connectivity index (χ2n) is 5.91. The molecule has 1 atom stereocenters. The zero-order chi connectivity index (χ0) is 14.5. The van der Waals surface area contributed by atoms with Gasteiger partial charge in [-0.2, -0.15) is 5.10 Å². The van der Waals surface area contributed by atoms with Crippen LogP contribution in [0.1, 0.15) is 52.3 Å². The Morgan fingerprint density at radius 3 is 2.53 bits per heavy atom. The molecule has 0 aliphatic carbocycles. The van der Waals surface area contributed by atoms with Crippen molar-refractivity contribution in [2.24, 2.45) is 0 Å². The van der Waals surface area contributed by atoms with Gasteiger partial charge in [0, 0.05) is 18.3 Å². The highest BCUT2D eigenvalue weighted by atomic mass is 15.3. The van der Waals surface area contributed by atoms with Crippen LogP contribution in [0.3, 0.4) is 0 Å². The van der Waals surface area contributed by atoms with E-state index in [4.69, 9.17) is 0 Å². The Labute approximate surface area is 118 Å². The molecule has 1 rings (SSSR count). The number of hydrogen-bond acceptors (Lipinski definition) is 3. The van der Waals surface area contributed by atoms with E-state index >= 15 is 0 Å². The first-order valence-electron chi connectivity index (χ1n) is 7.37. The summed E-state index contributed by atoms with van der Waals surface area (Å²) in [6.07, 6.45) is 4.16. The van der Waals surface area contributed by atoms with E-state index in [0.717, 1.165) is 25.9 Å². The highest BCUT2D eigenvalue weighted by molar-refractivity contribution is 5.13. The van der Waals surface area contributed by atoms with Gasteiger partial charge in [0.2, 0.25) is 0 Å². The topological polar surface area (TPSA) is 33.1 Å². The molecule has 4 heteroatoms. The van der Waals surface area contributed by atoms with Gasteiger partial charge in [-0.05, 0) is 53.4 Å². The lowest BCUT2D eigenvalue weighted by atomic mass is 9.90. The highest BCUT2D eigenvalue weighted by Gasteiger charge is 2.34. The Morgan fingerprint density at radius 1 is 1.32 bits per heavy atom. The predicted octanol–water partition coefficient (Wildman–Crippen LogP) is 2.67. The van der Waals surface area contributed by atoms with Gasteiger partial charge < -0.3 is 10.2 Å². The van der Waals surface area contributed by atoms with Gasteiger partial charge in [-0.3, -0.25) is 4.68 Å². The summed E-state index contributed by atoms with van der Waals surface area (Å²) in [6, 6.07) is 2.44. The van der Waals surface area contributed by atoms with E-state index in [0.29, 0.717) is 0 Å². The molecule has 0 radical (unpaired) electrons. The predicted molar refractivity (Wildman–Crippen MR) is 81.3 cm³/mol. The molecule has 19 heavy (non-hydrogen) atoms. The zero-order valence-corrected chi connectivity index (χ0v) is 13.4. The van der Waals surface area contributed by atoms with Crippen LogP contribution in [0.15, 0.2) is 12.3 Å². The smallest absolute Gasteiger partial charge is 0.0673 e. The van der Waals surface area contributed by atoms with E-state index in [1.165, 1.54) is 5.69 Å². The molecule has 1 unspecified atom stereocenters. The number of likely N-dealkylation sites (N-methyl/N-ethyl adjacent to an activating group) is 1. The molecule has 0 aromatic carbocycles. The minimum absolute atomic E-state index is 0.0424. The van der Waals surface area contributed by atoms with Crippen molar-refractivity contribution >= 4 is 0 Å². The van der Waals surface area contributed by atoms with Crippen LogP contribution < -0.4 is 5.32 Å². The van der Waals surface area contributed by atoms with Crippen molar-refractivity contribution in [3.05, 3.63) is 18.0 Å². The molecular formula is C15H30N4. The van der Waals surface area contributed by atoms with Gasteiger partial charge in [0.05, 0.1) is 11.7 Å².